The number of aryl methyl sites for hydroxylation is 1. The van der Waals surface area contributed by atoms with Gasteiger partial charge in [0.15, 0.2) is 11.9 Å². The van der Waals surface area contributed by atoms with E-state index in [-0.39, 0.29) is 18.6 Å². The molecule has 0 aliphatic heterocycles. The van der Waals surface area contributed by atoms with E-state index in [4.69, 9.17) is 9.47 Å². The van der Waals surface area contributed by atoms with E-state index in [1.165, 1.54) is 18.3 Å². The predicted molar refractivity (Wildman–Crippen MR) is 104 cm³/mol. The Morgan fingerprint density at radius 3 is 2.37 bits per heavy atom. The quantitative estimate of drug-likeness (QED) is 0.518. The number of carbonyl (C=O) groups excluding carboxylic acids is 3. The monoisotopic (exact) mass is 389 g/mol. The maximum atomic E-state index is 12.1. The van der Waals surface area contributed by atoms with Gasteiger partial charge in [0.1, 0.15) is 5.75 Å². The van der Waals surface area contributed by atoms with E-state index in [9.17, 15) is 14.4 Å². The topological polar surface area (TPSA) is 81.7 Å². The minimum Gasteiger partial charge on any atom is -0.494 e. The van der Waals surface area contributed by atoms with Crippen molar-refractivity contribution in [3.05, 3.63) is 46.2 Å². The summed E-state index contributed by atoms with van der Waals surface area (Å²) in [5.41, 5.74) is 0.578. The van der Waals surface area contributed by atoms with Crippen LogP contribution < -0.4 is 10.1 Å². The minimum atomic E-state index is -0.955. The third kappa shape index (κ3) is 6.53. The predicted octanol–water partition coefficient (Wildman–Crippen LogP) is 3.99. The summed E-state index contributed by atoms with van der Waals surface area (Å²) < 4.78 is 10.5. The molecule has 1 atom stereocenters. The molecule has 1 aromatic carbocycles. The number of carbonyl (C=O) groups is 3. The summed E-state index contributed by atoms with van der Waals surface area (Å²) in [7, 11) is 0. The first-order valence-corrected chi connectivity index (χ1v) is 9.53. The van der Waals surface area contributed by atoms with E-state index in [0.717, 1.165) is 4.88 Å². The molecule has 2 aromatic rings. The van der Waals surface area contributed by atoms with Crippen LogP contribution in [-0.4, -0.2) is 30.4 Å². The van der Waals surface area contributed by atoms with Crippen LogP contribution >= 0.6 is 11.3 Å². The number of nitrogens with one attached hydrogen (secondary N) is 1. The first-order chi connectivity index (χ1) is 12.9. The van der Waals surface area contributed by atoms with Crippen molar-refractivity contribution in [1.82, 2.24) is 0 Å². The largest absolute Gasteiger partial charge is 0.494 e. The SMILES string of the molecule is CCOc1ccc(NC(=O)[C@@H](C)OC(=O)CCC(=O)c2ccc(C)s2)cc1. The molecule has 0 spiro atoms. The summed E-state index contributed by atoms with van der Waals surface area (Å²) in [5, 5.41) is 2.67. The van der Waals surface area contributed by atoms with Crippen molar-refractivity contribution in [2.75, 3.05) is 11.9 Å². The van der Waals surface area contributed by atoms with E-state index in [1.807, 2.05) is 19.9 Å². The molecule has 7 heteroatoms. The summed E-state index contributed by atoms with van der Waals surface area (Å²) in [6.07, 6.45) is -0.953. The number of Topliss-reactive ketones (excluding diaryl/α,β-unsaturated/α-hetero) is 1. The zero-order valence-corrected chi connectivity index (χ0v) is 16.4. The normalized spacial score (nSPS) is 11.5. The van der Waals surface area contributed by atoms with E-state index < -0.39 is 18.0 Å². The van der Waals surface area contributed by atoms with Crippen molar-refractivity contribution in [3.8, 4) is 5.75 Å². The van der Waals surface area contributed by atoms with E-state index in [0.29, 0.717) is 22.9 Å². The Kier molecular flexibility index (Phi) is 7.55. The highest BCUT2D eigenvalue weighted by molar-refractivity contribution is 7.14. The van der Waals surface area contributed by atoms with Gasteiger partial charge < -0.3 is 14.8 Å². The second-order valence-corrected chi connectivity index (χ2v) is 7.20. The van der Waals surface area contributed by atoms with Gasteiger partial charge in [-0.1, -0.05) is 0 Å². The lowest BCUT2D eigenvalue weighted by Crippen LogP contribution is -2.30. The summed E-state index contributed by atoms with van der Waals surface area (Å²) in [4.78, 5) is 37.7. The van der Waals surface area contributed by atoms with Gasteiger partial charge in [0.2, 0.25) is 0 Å². The molecule has 1 heterocycles. The molecule has 1 aromatic heterocycles. The molecule has 0 unspecified atom stereocenters. The molecule has 0 aliphatic carbocycles. The zero-order chi connectivity index (χ0) is 19.8. The molecule has 0 saturated heterocycles. The third-order valence-electron chi connectivity index (χ3n) is 3.68. The van der Waals surface area contributed by atoms with Crippen LogP contribution in [0.3, 0.4) is 0 Å². The second kappa shape index (κ2) is 9.87. The van der Waals surface area contributed by atoms with Gasteiger partial charge in [0, 0.05) is 17.0 Å². The molecular weight excluding hydrogens is 366 g/mol. The molecule has 0 saturated carbocycles. The van der Waals surface area contributed by atoms with Gasteiger partial charge in [0.05, 0.1) is 17.9 Å². The Bertz CT molecular complexity index is 797. The Balaban J connectivity index is 1.77. The fourth-order valence-electron chi connectivity index (χ4n) is 2.28. The molecule has 0 radical (unpaired) electrons. The van der Waals surface area contributed by atoms with Crippen molar-refractivity contribution in [2.24, 2.45) is 0 Å². The van der Waals surface area contributed by atoms with E-state index in [1.54, 1.807) is 30.3 Å². The first kappa shape index (κ1) is 20.6. The van der Waals surface area contributed by atoms with Gasteiger partial charge in [-0.15, -0.1) is 11.3 Å². The Labute approximate surface area is 162 Å². The fraction of sp³-hybridized carbons (Fsp3) is 0.350. The van der Waals surface area contributed by atoms with Gasteiger partial charge in [0.25, 0.3) is 5.91 Å². The Hall–Kier alpha value is -2.67. The van der Waals surface area contributed by atoms with Crippen LogP contribution in [0.2, 0.25) is 0 Å². The Morgan fingerprint density at radius 2 is 1.78 bits per heavy atom. The molecule has 1 amide bonds. The highest BCUT2D eigenvalue weighted by atomic mass is 32.1. The molecule has 1 N–H and O–H groups in total. The Morgan fingerprint density at radius 1 is 1.07 bits per heavy atom. The van der Waals surface area contributed by atoms with Crippen molar-refractivity contribution >= 4 is 34.7 Å². The lowest BCUT2D eigenvalue weighted by Gasteiger charge is -2.13. The summed E-state index contributed by atoms with van der Waals surface area (Å²) in [6.45, 7) is 5.86. The second-order valence-electron chi connectivity index (χ2n) is 5.91. The summed E-state index contributed by atoms with van der Waals surface area (Å²) in [5.74, 6) is -0.407. The lowest BCUT2D eigenvalue weighted by atomic mass is 10.2. The number of hydrogen-bond acceptors (Lipinski definition) is 6. The molecule has 0 fully saturated rings. The van der Waals surface area contributed by atoms with Crippen LogP contribution in [0, 0.1) is 6.92 Å². The molecule has 2 rings (SSSR count). The maximum Gasteiger partial charge on any atom is 0.307 e. The lowest BCUT2D eigenvalue weighted by molar-refractivity contribution is -0.153. The first-order valence-electron chi connectivity index (χ1n) is 8.72. The zero-order valence-electron chi connectivity index (χ0n) is 15.6. The number of benzene rings is 1. The molecule has 27 heavy (non-hydrogen) atoms. The average Bonchev–Trinajstić information content (AvgIpc) is 3.08. The van der Waals surface area contributed by atoms with Gasteiger partial charge in [-0.3, -0.25) is 14.4 Å². The molecule has 144 valence electrons. The number of esters is 1. The number of anilines is 1. The number of amides is 1. The highest BCUT2D eigenvalue weighted by Gasteiger charge is 2.19. The van der Waals surface area contributed by atoms with Crippen LogP contribution in [0.15, 0.2) is 36.4 Å². The van der Waals surface area contributed by atoms with Crippen LogP contribution in [0.5, 0.6) is 5.75 Å². The number of ether oxygens (including phenoxy) is 2. The number of hydrogen-bond donors (Lipinski definition) is 1. The van der Waals surface area contributed by atoms with Crippen molar-refractivity contribution < 1.29 is 23.9 Å². The number of rotatable bonds is 9. The van der Waals surface area contributed by atoms with Gasteiger partial charge in [-0.25, -0.2) is 0 Å². The van der Waals surface area contributed by atoms with Crippen LogP contribution in [0.1, 0.15) is 41.2 Å². The minimum absolute atomic E-state index is 0.0591. The molecular formula is C20H23NO5S. The van der Waals surface area contributed by atoms with E-state index >= 15 is 0 Å². The fourth-order valence-corrected chi connectivity index (χ4v) is 3.11. The van der Waals surface area contributed by atoms with Crippen LogP contribution in [-0.2, 0) is 14.3 Å². The van der Waals surface area contributed by atoms with Crippen LogP contribution in [0.4, 0.5) is 5.69 Å². The van der Waals surface area contributed by atoms with Gasteiger partial charge in [-0.2, -0.15) is 0 Å². The van der Waals surface area contributed by atoms with Crippen molar-refractivity contribution in [1.29, 1.82) is 0 Å². The standard InChI is InChI=1S/C20H23NO5S/c1-4-25-16-8-6-15(7-9-16)21-20(24)14(3)26-19(23)12-10-17(22)18-11-5-13(2)27-18/h5-9,11,14H,4,10,12H2,1-3H3,(H,21,24)/t14-/m1/s1. The van der Waals surface area contributed by atoms with Gasteiger partial charge >= 0.3 is 5.97 Å². The number of ketones is 1. The molecule has 6 nitrogen and oxygen atoms in total. The molecule has 0 bridgehead atoms. The summed E-state index contributed by atoms with van der Waals surface area (Å²) >= 11 is 1.40. The molecule has 0 aliphatic rings. The van der Waals surface area contributed by atoms with Crippen LogP contribution in [0.25, 0.3) is 0 Å². The number of thiophene rings is 1. The van der Waals surface area contributed by atoms with E-state index in [2.05, 4.69) is 5.32 Å². The van der Waals surface area contributed by atoms with Crippen molar-refractivity contribution in [3.63, 3.8) is 0 Å². The average molecular weight is 389 g/mol. The van der Waals surface area contributed by atoms with Crippen molar-refractivity contribution in [2.45, 2.75) is 39.7 Å². The summed E-state index contributed by atoms with van der Waals surface area (Å²) in [6, 6.07) is 10.5. The third-order valence-corrected chi connectivity index (χ3v) is 4.72. The smallest absolute Gasteiger partial charge is 0.307 e. The highest BCUT2D eigenvalue weighted by Crippen LogP contribution is 2.18. The maximum absolute atomic E-state index is 12.1. The van der Waals surface area contributed by atoms with Gasteiger partial charge in [-0.05, 0) is 57.2 Å².